The summed E-state index contributed by atoms with van der Waals surface area (Å²) in [7, 11) is 0. The van der Waals surface area contributed by atoms with Gasteiger partial charge in [-0.05, 0) is 20.3 Å². The van der Waals surface area contributed by atoms with Crippen LogP contribution < -0.4 is 0 Å². The average Bonchev–Trinajstić information content (AvgIpc) is 1.60. The molecule has 0 radical (unpaired) electrons. The maximum Gasteiger partial charge on any atom is 0.135 e. The number of carbonyl (C=O) groups is 1. The molecule has 0 aliphatic rings. The van der Waals surface area contributed by atoms with Crippen molar-refractivity contribution >= 4 is 5.78 Å². The van der Waals surface area contributed by atoms with E-state index in [0.29, 0.717) is 0 Å². The van der Waals surface area contributed by atoms with Crippen molar-refractivity contribution < 1.29 is 4.79 Å². The first-order valence-corrected chi connectivity index (χ1v) is 3.51. The largest absolute Gasteiger partial charge is 0.299 e. The van der Waals surface area contributed by atoms with Gasteiger partial charge in [-0.2, -0.15) is 0 Å². The van der Waals surface area contributed by atoms with E-state index in [2.05, 4.69) is 6.58 Å². The first-order chi connectivity index (χ1) is 4.36. The second kappa shape index (κ2) is 3.00. The van der Waals surface area contributed by atoms with Gasteiger partial charge < -0.3 is 0 Å². The van der Waals surface area contributed by atoms with Gasteiger partial charge in [0.2, 0.25) is 0 Å². The topological polar surface area (TPSA) is 17.1 Å². The molecule has 0 aromatic heterocycles. The first kappa shape index (κ1) is 9.41. The standard InChI is InChI=1S/C9H16O/c1-7(2)6-9(4,5)8(3)10/h1,6H2,2-5H3. The zero-order chi connectivity index (χ0) is 8.36. The van der Waals surface area contributed by atoms with Gasteiger partial charge in [0.25, 0.3) is 0 Å². The van der Waals surface area contributed by atoms with E-state index in [1.165, 1.54) is 0 Å². The molecule has 0 saturated carbocycles. The van der Waals surface area contributed by atoms with Crippen molar-refractivity contribution in [2.45, 2.75) is 34.1 Å². The number of carbonyl (C=O) groups excluding carboxylic acids is 1. The summed E-state index contributed by atoms with van der Waals surface area (Å²) in [6.45, 7) is 11.2. The molecule has 1 nitrogen and oxygen atoms in total. The zero-order valence-corrected chi connectivity index (χ0v) is 7.32. The van der Waals surface area contributed by atoms with Crippen LogP contribution in [0.25, 0.3) is 0 Å². The summed E-state index contributed by atoms with van der Waals surface area (Å²) in [6.07, 6.45) is 0.794. The fourth-order valence-corrected chi connectivity index (χ4v) is 0.879. The van der Waals surface area contributed by atoms with Gasteiger partial charge in [0.15, 0.2) is 0 Å². The molecule has 1 heteroatoms. The van der Waals surface area contributed by atoms with Gasteiger partial charge in [0.1, 0.15) is 5.78 Å². The quantitative estimate of drug-likeness (QED) is 0.551. The molecule has 0 spiro atoms. The molecule has 0 unspecified atom stereocenters. The Morgan fingerprint density at radius 3 is 1.90 bits per heavy atom. The highest BCUT2D eigenvalue weighted by molar-refractivity contribution is 5.81. The second-order valence-electron chi connectivity index (χ2n) is 3.57. The highest BCUT2D eigenvalue weighted by atomic mass is 16.1. The van der Waals surface area contributed by atoms with Crippen molar-refractivity contribution in [3.63, 3.8) is 0 Å². The van der Waals surface area contributed by atoms with Crippen LogP contribution in [-0.4, -0.2) is 5.78 Å². The molecule has 0 N–H and O–H groups in total. The van der Waals surface area contributed by atoms with Crippen LogP contribution in [0.2, 0.25) is 0 Å². The fourth-order valence-electron chi connectivity index (χ4n) is 0.879. The number of Topliss-reactive ketones (excluding diaryl/α,β-unsaturated/α-hetero) is 1. The summed E-state index contributed by atoms with van der Waals surface area (Å²) in [4.78, 5) is 11.0. The monoisotopic (exact) mass is 140 g/mol. The van der Waals surface area contributed by atoms with Gasteiger partial charge in [-0.15, -0.1) is 6.58 Å². The Balaban J connectivity index is 4.13. The summed E-state index contributed by atoms with van der Waals surface area (Å²) in [5, 5.41) is 0. The normalized spacial score (nSPS) is 11.2. The van der Waals surface area contributed by atoms with E-state index in [4.69, 9.17) is 0 Å². The summed E-state index contributed by atoms with van der Waals surface area (Å²) in [5.74, 6) is 0.232. The summed E-state index contributed by atoms with van der Waals surface area (Å²) >= 11 is 0. The Labute approximate surface area is 63.1 Å². The lowest BCUT2D eigenvalue weighted by Crippen LogP contribution is -2.21. The van der Waals surface area contributed by atoms with Crippen LogP contribution in [0.1, 0.15) is 34.1 Å². The Hall–Kier alpha value is -0.590. The molecule has 58 valence electrons. The Bertz CT molecular complexity index is 154. The minimum atomic E-state index is -0.216. The van der Waals surface area contributed by atoms with Crippen molar-refractivity contribution in [2.24, 2.45) is 5.41 Å². The van der Waals surface area contributed by atoms with Crippen molar-refractivity contribution in [1.82, 2.24) is 0 Å². The van der Waals surface area contributed by atoms with E-state index in [9.17, 15) is 4.79 Å². The molecule has 0 aliphatic heterocycles. The molecular formula is C9H16O. The third kappa shape index (κ3) is 2.81. The van der Waals surface area contributed by atoms with E-state index >= 15 is 0 Å². The van der Waals surface area contributed by atoms with Crippen molar-refractivity contribution in [3.05, 3.63) is 12.2 Å². The van der Waals surface area contributed by atoms with Crippen molar-refractivity contribution in [1.29, 1.82) is 0 Å². The molecule has 0 saturated heterocycles. The van der Waals surface area contributed by atoms with Crippen LogP contribution >= 0.6 is 0 Å². The van der Waals surface area contributed by atoms with Crippen LogP contribution in [-0.2, 0) is 4.79 Å². The van der Waals surface area contributed by atoms with Crippen molar-refractivity contribution in [2.75, 3.05) is 0 Å². The maximum atomic E-state index is 11.0. The minimum absolute atomic E-state index is 0.216. The first-order valence-electron chi connectivity index (χ1n) is 3.51. The van der Waals surface area contributed by atoms with Gasteiger partial charge >= 0.3 is 0 Å². The van der Waals surface area contributed by atoms with Crippen LogP contribution in [0.5, 0.6) is 0 Å². The third-order valence-electron chi connectivity index (χ3n) is 1.70. The Morgan fingerprint density at radius 1 is 1.40 bits per heavy atom. The SMILES string of the molecule is C=C(C)CC(C)(C)C(C)=O. The number of hydrogen-bond donors (Lipinski definition) is 0. The van der Waals surface area contributed by atoms with Gasteiger partial charge in [-0.3, -0.25) is 4.79 Å². The average molecular weight is 140 g/mol. The molecule has 0 heterocycles. The lowest BCUT2D eigenvalue weighted by Gasteiger charge is -2.20. The molecule has 0 aromatic carbocycles. The minimum Gasteiger partial charge on any atom is -0.299 e. The predicted octanol–water partition coefficient (Wildman–Crippen LogP) is 2.57. The van der Waals surface area contributed by atoms with Gasteiger partial charge in [-0.1, -0.05) is 19.4 Å². The lowest BCUT2D eigenvalue weighted by atomic mass is 9.83. The molecule has 10 heavy (non-hydrogen) atoms. The van der Waals surface area contributed by atoms with E-state index < -0.39 is 0 Å². The van der Waals surface area contributed by atoms with Crippen LogP contribution in [0.15, 0.2) is 12.2 Å². The van der Waals surface area contributed by atoms with Gasteiger partial charge in [-0.25, -0.2) is 0 Å². The highest BCUT2D eigenvalue weighted by Crippen LogP contribution is 2.24. The molecular weight excluding hydrogens is 124 g/mol. The summed E-state index contributed by atoms with van der Waals surface area (Å²) in [5.41, 5.74) is 0.853. The maximum absolute atomic E-state index is 11.0. The zero-order valence-electron chi connectivity index (χ0n) is 7.32. The Morgan fingerprint density at radius 2 is 1.80 bits per heavy atom. The number of rotatable bonds is 3. The number of hydrogen-bond acceptors (Lipinski definition) is 1. The molecule has 0 aliphatic carbocycles. The number of ketones is 1. The summed E-state index contributed by atoms with van der Waals surface area (Å²) < 4.78 is 0. The number of allylic oxidation sites excluding steroid dienone is 1. The highest BCUT2D eigenvalue weighted by Gasteiger charge is 2.22. The van der Waals surface area contributed by atoms with Crippen LogP contribution in [0, 0.1) is 5.41 Å². The van der Waals surface area contributed by atoms with Gasteiger partial charge in [0, 0.05) is 5.41 Å². The fraction of sp³-hybridized carbons (Fsp3) is 0.667. The van der Waals surface area contributed by atoms with E-state index in [0.717, 1.165) is 12.0 Å². The van der Waals surface area contributed by atoms with Gasteiger partial charge in [0.05, 0.1) is 0 Å². The van der Waals surface area contributed by atoms with E-state index in [1.54, 1.807) is 6.92 Å². The predicted molar refractivity (Wildman–Crippen MR) is 43.9 cm³/mol. The molecule has 0 amide bonds. The summed E-state index contributed by atoms with van der Waals surface area (Å²) in [6, 6.07) is 0. The van der Waals surface area contributed by atoms with E-state index in [-0.39, 0.29) is 11.2 Å². The molecule has 0 fully saturated rings. The molecule has 0 atom stereocenters. The van der Waals surface area contributed by atoms with Crippen molar-refractivity contribution in [3.8, 4) is 0 Å². The van der Waals surface area contributed by atoms with E-state index in [1.807, 2.05) is 20.8 Å². The molecule has 0 aromatic rings. The Kier molecular flexibility index (Phi) is 2.82. The molecule has 0 rings (SSSR count). The lowest BCUT2D eigenvalue weighted by molar-refractivity contribution is -0.124. The third-order valence-corrected chi connectivity index (χ3v) is 1.70. The smallest absolute Gasteiger partial charge is 0.135 e. The molecule has 0 bridgehead atoms. The van der Waals surface area contributed by atoms with Crippen LogP contribution in [0.4, 0.5) is 0 Å². The second-order valence-corrected chi connectivity index (χ2v) is 3.57. The van der Waals surface area contributed by atoms with Crippen LogP contribution in [0.3, 0.4) is 0 Å².